The standard InChI is InChI=1S/C13H17BrN2O3S/c1-8-2-3-11(4-8)16-13(17)9-5-10(14)7-12(6-9)20(15,18)19/h5-8,11H,2-4H2,1H3,(H,16,17)(H2,15,18,19). The topological polar surface area (TPSA) is 89.3 Å². The monoisotopic (exact) mass is 360 g/mol. The molecule has 0 bridgehead atoms. The van der Waals surface area contributed by atoms with Gasteiger partial charge in [0.1, 0.15) is 0 Å². The molecule has 0 aromatic heterocycles. The van der Waals surface area contributed by atoms with Gasteiger partial charge in [0, 0.05) is 16.1 Å². The smallest absolute Gasteiger partial charge is 0.251 e. The minimum Gasteiger partial charge on any atom is -0.349 e. The normalized spacial score (nSPS) is 22.8. The van der Waals surface area contributed by atoms with Crippen molar-refractivity contribution in [1.29, 1.82) is 0 Å². The highest BCUT2D eigenvalue weighted by Gasteiger charge is 2.23. The number of nitrogens with one attached hydrogen (secondary N) is 1. The van der Waals surface area contributed by atoms with Crippen molar-refractivity contribution in [1.82, 2.24) is 5.32 Å². The quantitative estimate of drug-likeness (QED) is 0.863. The van der Waals surface area contributed by atoms with Crippen LogP contribution in [0.5, 0.6) is 0 Å². The predicted octanol–water partition coefficient (Wildman–Crippen LogP) is 2.01. The van der Waals surface area contributed by atoms with Crippen LogP contribution in [0.2, 0.25) is 0 Å². The molecule has 1 saturated carbocycles. The van der Waals surface area contributed by atoms with Crippen LogP contribution in [-0.2, 0) is 10.0 Å². The molecule has 2 atom stereocenters. The Bertz CT molecular complexity index is 631. The molecule has 0 radical (unpaired) electrons. The SMILES string of the molecule is CC1CCC(NC(=O)c2cc(Br)cc(S(N)(=O)=O)c2)C1. The van der Waals surface area contributed by atoms with Gasteiger partial charge in [-0.05, 0) is 43.4 Å². The van der Waals surface area contributed by atoms with E-state index in [-0.39, 0.29) is 16.8 Å². The molecule has 2 unspecified atom stereocenters. The van der Waals surface area contributed by atoms with Crippen molar-refractivity contribution in [2.24, 2.45) is 11.1 Å². The minimum atomic E-state index is -3.83. The van der Waals surface area contributed by atoms with Gasteiger partial charge in [0.05, 0.1) is 4.90 Å². The first-order chi connectivity index (χ1) is 9.25. The molecule has 5 nitrogen and oxygen atoms in total. The number of hydrogen-bond acceptors (Lipinski definition) is 3. The second kappa shape index (κ2) is 5.83. The van der Waals surface area contributed by atoms with E-state index < -0.39 is 10.0 Å². The Morgan fingerprint density at radius 1 is 1.35 bits per heavy atom. The highest BCUT2D eigenvalue weighted by atomic mass is 79.9. The van der Waals surface area contributed by atoms with E-state index in [0.717, 1.165) is 19.3 Å². The van der Waals surface area contributed by atoms with Crippen LogP contribution in [-0.4, -0.2) is 20.4 Å². The van der Waals surface area contributed by atoms with Gasteiger partial charge in [0.2, 0.25) is 10.0 Å². The number of benzene rings is 1. The van der Waals surface area contributed by atoms with Gasteiger partial charge in [0.15, 0.2) is 0 Å². The summed E-state index contributed by atoms with van der Waals surface area (Å²) in [6.45, 7) is 2.16. The van der Waals surface area contributed by atoms with Crippen LogP contribution in [0, 0.1) is 5.92 Å². The summed E-state index contributed by atoms with van der Waals surface area (Å²) in [4.78, 5) is 12.1. The number of carbonyl (C=O) groups excluding carboxylic acids is 1. The van der Waals surface area contributed by atoms with E-state index in [9.17, 15) is 13.2 Å². The van der Waals surface area contributed by atoms with Crippen molar-refractivity contribution in [3.05, 3.63) is 28.2 Å². The Morgan fingerprint density at radius 3 is 2.60 bits per heavy atom. The van der Waals surface area contributed by atoms with Crippen LogP contribution in [0.3, 0.4) is 0 Å². The fourth-order valence-corrected chi connectivity index (χ4v) is 3.69. The molecule has 0 aliphatic heterocycles. The average molecular weight is 361 g/mol. The van der Waals surface area contributed by atoms with Crippen LogP contribution in [0.1, 0.15) is 36.5 Å². The van der Waals surface area contributed by atoms with Gasteiger partial charge in [-0.2, -0.15) is 0 Å². The van der Waals surface area contributed by atoms with E-state index in [0.29, 0.717) is 16.0 Å². The fraction of sp³-hybridized carbons (Fsp3) is 0.462. The van der Waals surface area contributed by atoms with E-state index in [1.54, 1.807) is 6.07 Å². The number of primary sulfonamides is 1. The van der Waals surface area contributed by atoms with Gasteiger partial charge in [-0.1, -0.05) is 22.9 Å². The lowest BCUT2D eigenvalue weighted by Gasteiger charge is -2.13. The third-order valence-corrected chi connectivity index (χ3v) is 4.84. The lowest BCUT2D eigenvalue weighted by atomic mass is 10.1. The molecule has 1 amide bonds. The molecule has 1 aromatic carbocycles. The third-order valence-electron chi connectivity index (χ3n) is 3.49. The molecular weight excluding hydrogens is 344 g/mol. The summed E-state index contributed by atoms with van der Waals surface area (Å²) >= 11 is 3.20. The number of halogens is 1. The van der Waals surface area contributed by atoms with Crippen LogP contribution in [0.15, 0.2) is 27.6 Å². The van der Waals surface area contributed by atoms with Gasteiger partial charge < -0.3 is 5.32 Å². The molecule has 110 valence electrons. The molecule has 1 aromatic rings. The second-order valence-corrected chi connectivity index (χ2v) is 7.79. The largest absolute Gasteiger partial charge is 0.349 e. The summed E-state index contributed by atoms with van der Waals surface area (Å²) in [6.07, 6.45) is 3.02. The molecule has 20 heavy (non-hydrogen) atoms. The van der Waals surface area contributed by atoms with Gasteiger partial charge >= 0.3 is 0 Å². The first-order valence-corrected chi connectivity index (χ1v) is 8.74. The Morgan fingerprint density at radius 2 is 2.05 bits per heavy atom. The molecule has 7 heteroatoms. The molecular formula is C13H17BrN2O3S. The molecule has 0 saturated heterocycles. The van der Waals surface area contributed by atoms with E-state index in [1.165, 1.54) is 12.1 Å². The van der Waals surface area contributed by atoms with Crippen molar-refractivity contribution >= 4 is 31.9 Å². The summed E-state index contributed by atoms with van der Waals surface area (Å²) in [5, 5.41) is 8.03. The highest BCUT2D eigenvalue weighted by Crippen LogP contribution is 2.25. The van der Waals surface area contributed by atoms with Crippen LogP contribution < -0.4 is 10.5 Å². The Hall–Kier alpha value is -0.920. The van der Waals surface area contributed by atoms with Crippen molar-refractivity contribution in [3.63, 3.8) is 0 Å². The first kappa shape index (κ1) is 15.5. The molecule has 0 heterocycles. The molecule has 1 fully saturated rings. The zero-order valence-electron chi connectivity index (χ0n) is 11.1. The maximum atomic E-state index is 12.2. The molecule has 1 aliphatic rings. The van der Waals surface area contributed by atoms with Crippen molar-refractivity contribution in [3.8, 4) is 0 Å². The van der Waals surface area contributed by atoms with Crippen molar-refractivity contribution in [2.75, 3.05) is 0 Å². The van der Waals surface area contributed by atoms with E-state index in [1.807, 2.05) is 0 Å². The number of sulfonamides is 1. The van der Waals surface area contributed by atoms with Gasteiger partial charge in [0.25, 0.3) is 5.91 Å². The summed E-state index contributed by atoms with van der Waals surface area (Å²) in [7, 11) is -3.83. The molecule has 3 N–H and O–H groups in total. The zero-order valence-corrected chi connectivity index (χ0v) is 13.5. The van der Waals surface area contributed by atoms with Crippen LogP contribution in [0.25, 0.3) is 0 Å². The summed E-state index contributed by atoms with van der Waals surface area (Å²) in [5.74, 6) is 0.345. The number of carbonyl (C=O) groups is 1. The molecule has 2 rings (SSSR count). The fourth-order valence-electron chi connectivity index (χ4n) is 2.47. The van der Waals surface area contributed by atoms with Crippen LogP contribution in [0.4, 0.5) is 0 Å². The Labute approximate surface area is 127 Å². The van der Waals surface area contributed by atoms with Gasteiger partial charge in [-0.25, -0.2) is 13.6 Å². The second-order valence-electron chi connectivity index (χ2n) is 5.31. The predicted molar refractivity (Wildman–Crippen MR) is 79.8 cm³/mol. The molecule has 0 spiro atoms. The van der Waals surface area contributed by atoms with E-state index in [2.05, 4.69) is 28.2 Å². The van der Waals surface area contributed by atoms with Crippen molar-refractivity contribution in [2.45, 2.75) is 37.1 Å². The maximum absolute atomic E-state index is 12.2. The number of hydrogen-bond donors (Lipinski definition) is 2. The third kappa shape index (κ3) is 3.80. The zero-order chi connectivity index (χ0) is 14.9. The molecule has 1 aliphatic carbocycles. The lowest BCUT2D eigenvalue weighted by molar-refractivity contribution is 0.0937. The summed E-state index contributed by atoms with van der Waals surface area (Å²) in [6, 6.07) is 4.43. The van der Waals surface area contributed by atoms with Gasteiger partial charge in [-0.3, -0.25) is 4.79 Å². The van der Waals surface area contributed by atoms with Crippen LogP contribution >= 0.6 is 15.9 Å². The van der Waals surface area contributed by atoms with Gasteiger partial charge in [-0.15, -0.1) is 0 Å². The van der Waals surface area contributed by atoms with E-state index in [4.69, 9.17) is 5.14 Å². The van der Waals surface area contributed by atoms with E-state index >= 15 is 0 Å². The number of nitrogens with two attached hydrogens (primary N) is 1. The summed E-state index contributed by atoms with van der Waals surface area (Å²) < 4.78 is 23.3. The average Bonchev–Trinajstić information content (AvgIpc) is 2.72. The Balaban J connectivity index is 2.20. The summed E-state index contributed by atoms with van der Waals surface area (Å²) in [5.41, 5.74) is 0.294. The number of rotatable bonds is 3. The number of amides is 1. The minimum absolute atomic E-state index is 0.0724. The lowest BCUT2D eigenvalue weighted by Crippen LogP contribution is -2.33. The first-order valence-electron chi connectivity index (χ1n) is 6.40. The Kier molecular flexibility index (Phi) is 4.51. The highest BCUT2D eigenvalue weighted by molar-refractivity contribution is 9.10. The van der Waals surface area contributed by atoms with Crippen molar-refractivity contribution < 1.29 is 13.2 Å². The maximum Gasteiger partial charge on any atom is 0.251 e.